The van der Waals surface area contributed by atoms with Crippen LogP contribution in [0.15, 0.2) is 66.9 Å². The average molecular weight is 563 g/mol. The number of fused-ring (bicyclic) bond motifs is 2. The van der Waals surface area contributed by atoms with Crippen molar-refractivity contribution >= 4 is 22.6 Å². The molecule has 1 atom stereocenters. The second-order valence-corrected chi connectivity index (χ2v) is 11.3. The lowest BCUT2D eigenvalue weighted by molar-refractivity contribution is 0.0953. The van der Waals surface area contributed by atoms with E-state index in [1.54, 1.807) is 6.20 Å². The summed E-state index contributed by atoms with van der Waals surface area (Å²) in [6.45, 7) is -0.00893. The first-order valence-electron chi connectivity index (χ1n) is 14.3. The minimum absolute atomic E-state index is 0.000916. The number of nitrogens with one attached hydrogen (secondary N) is 1. The highest BCUT2D eigenvalue weighted by Crippen LogP contribution is 2.44. The van der Waals surface area contributed by atoms with Gasteiger partial charge in [0.05, 0.1) is 30.2 Å². The Bertz CT molecular complexity index is 1830. The minimum Gasteiger partial charge on any atom is -0.493 e. The van der Waals surface area contributed by atoms with Crippen molar-refractivity contribution in [1.29, 1.82) is 0 Å². The van der Waals surface area contributed by atoms with E-state index in [-0.39, 0.29) is 24.6 Å². The number of Topliss-reactive ketones (excluding diaryl/α,β-unsaturated/α-hetero) is 1. The fourth-order valence-corrected chi connectivity index (χ4v) is 6.05. The Morgan fingerprint density at radius 3 is 2.60 bits per heavy atom. The van der Waals surface area contributed by atoms with E-state index < -0.39 is 11.7 Å². The summed E-state index contributed by atoms with van der Waals surface area (Å²) in [6.07, 6.45) is 4.14. The van der Waals surface area contributed by atoms with Gasteiger partial charge in [-0.2, -0.15) is 0 Å². The van der Waals surface area contributed by atoms with Crippen molar-refractivity contribution < 1.29 is 19.0 Å². The number of rotatable bonds is 6. The molecule has 7 rings (SSSR count). The number of anilines is 1. The highest BCUT2D eigenvalue weighted by molar-refractivity contribution is 6.04. The molecule has 1 aliphatic carbocycles. The number of halogens is 1. The van der Waals surface area contributed by atoms with Crippen LogP contribution < -0.4 is 9.64 Å². The fraction of sp³-hybridized carbons (Fsp3) is 0.265. The molecular weight excluding hydrogens is 531 g/mol. The highest BCUT2D eigenvalue weighted by atomic mass is 19.1. The highest BCUT2D eigenvalue weighted by Gasteiger charge is 2.34. The van der Waals surface area contributed by atoms with Gasteiger partial charge >= 0.3 is 0 Å². The summed E-state index contributed by atoms with van der Waals surface area (Å²) in [6, 6.07) is 18.9. The lowest BCUT2D eigenvalue weighted by atomic mass is 9.83. The fourth-order valence-electron chi connectivity index (χ4n) is 6.05. The molecule has 0 amide bonds. The van der Waals surface area contributed by atoms with Gasteiger partial charge in [0, 0.05) is 37.1 Å². The van der Waals surface area contributed by atoms with Crippen LogP contribution in [-0.4, -0.2) is 46.5 Å². The van der Waals surface area contributed by atoms with Crippen molar-refractivity contribution in [1.82, 2.24) is 15.0 Å². The summed E-state index contributed by atoms with van der Waals surface area (Å²) in [4.78, 5) is 28.6. The number of hydrogen-bond acceptors (Lipinski definition) is 6. The van der Waals surface area contributed by atoms with Gasteiger partial charge in [0.2, 0.25) is 0 Å². The number of aromatic amines is 1. The van der Waals surface area contributed by atoms with Crippen molar-refractivity contribution in [2.75, 3.05) is 25.6 Å². The molecule has 212 valence electrons. The number of aliphatic hydroxyl groups is 1. The van der Waals surface area contributed by atoms with Gasteiger partial charge in [-0.1, -0.05) is 18.2 Å². The summed E-state index contributed by atoms with van der Waals surface area (Å²) in [5, 5.41) is 10.7. The Morgan fingerprint density at radius 2 is 1.86 bits per heavy atom. The molecule has 3 aromatic carbocycles. The van der Waals surface area contributed by atoms with E-state index in [4.69, 9.17) is 9.72 Å². The summed E-state index contributed by atoms with van der Waals surface area (Å²) < 4.78 is 21.3. The standard InChI is InChI=1S/C34H31FN4O3/c1-39(2)22-10-8-20(9-11-22)33-37-31-25(12-14-36-34(31)38-33)23-4-3-5-24(27(23)18-40)26-13-15-42-29-17-21(19-6-7-19)16-28(35)30(29)32(26)41/h3-5,8-12,14,16-17,19,26,40H,6-7,13,15,18H2,1-2H3,(H,36,37,38). The van der Waals surface area contributed by atoms with Gasteiger partial charge in [0.15, 0.2) is 11.4 Å². The third kappa shape index (κ3) is 4.52. The molecule has 2 N–H and O–H groups in total. The zero-order valence-electron chi connectivity index (χ0n) is 23.5. The maximum absolute atomic E-state index is 15.4. The lowest BCUT2D eigenvalue weighted by Gasteiger charge is -2.20. The first-order chi connectivity index (χ1) is 20.4. The molecule has 0 spiro atoms. The summed E-state index contributed by atoms with van der Waals surface area (Å²) in [7, 11) is 3.99. The molecule has 2 aromatic heterocycles. The molecule has 42 heavy (non-hydrogen) atoms. The number of imidazole rings is 1. The zero-order valence-corrected chi connectivity index (χ0v) is 23.5. The van der Waals surface area contributed by atoms with Crippen LogP contribution in [0.1, 0.15) is 58.1 Å². The second-order valence-electron chi connectivity index (χ2n) is 11.3. The normalized spacial score (nSPS) is 16.7. The van der Waals surface area contributed by atoms with E-state index in [2.05, 4.69) is 9.97 Å². The van der Waals surface area contributed by atoms with Crippen LogP contribution in [0.25, 0.3) is 33.7 Å². The SMILES string of the molecule is CN(C)c1ccc(-c2nc3nccc(-c4cccc(C5CCOc6cc(C7CC7)cc(F)c6C5=O)c4CO)c3[nH]2)cc1. The van der Waals surface area contributed by atoms with Gasteiger partial charge in [0.25, 0.3) is 0 Å². The van der Waals surface area contributed by atoms with E-state index in [0.717, 1.165) is 46.3 Å². The van der Waals surface area contributed by atoms with E-state index >= 15 is 4.39 Å². The number of benzene rings is 3. The molecule has 0 bridgehead atoms. The van der Waals surface area contributed by atoms with Crippen LogP contribution in [0, 0.1) is 5.82 Å². The molecule has 7 nitrogen and oxygen atoms in total. The van der Waals surface area contributed by atoms with Crippen LogP contribution in [0.5, 0.6) is 5.75 Å². The second kappa shape index (κ2) is 10.4. The smallest absolute Gasteiger partial charge is 0.178 e. The van der Waals surface area contributed by atoms with Gasteiger partial charge in [-0.05, 0) is 89.9 Å². The zero-order chi connectivity index (χ0) is 29.0. The molecule has 2 aliphatic rings. The van der Waals surface area contributed by atoms with E-state index in [1.807, 2.05) is 73.6 Å². The Balaban J connectivity index is 1.29. The molecule has 8 heteroatoms. The quantitative estimate of drug-likeness (QED) is 0.242. The number of H-pyrrole nitrogens is 1. The van der Waals surface area contributed by atoms with Gasteiger partial charge in [0.1, 0.15) is 17.4 Å². The Morgan fingerprint density at radius 1 is 1.05 bits per heavy atom. The van der Waals surface area contributed by atoms with Crippen LogP contribution in [-0.2, 0) is 6.61 Å². The number of carbonyl (C=O) groups excluding carboxylic acids is 1. The number of aromatic nitrogens is 3. The molecule has 1 unspecified atom stereocenters. The minimum atomic E-state index is -0.653. The molecular formula is C34H31FN4O3. The molecule has 0 saturated heterocycles. The maximum atomic E-state index is 15.4. The van der Waals surface area contributed by atoms with Crippen molar-refractivity contribution in [3.05, 3.63) is 94.9 Å². The third-order valence-corrected chi connectivity index (χ3v) is 8.44. The number of carbonyl (C=O) groups is 1. The number of aliphatic hydroxyl groups excluding tert-OH is 1. The van der Waals surface area contributed by atoms with Gasteiger partial charge in [-0.15, -0.1) is 0 Å². The molecule has 5 aromatic rings. The number of nitrogens with zero attached hydrogens (tertiary/aromatic N) is 3. The van der Waals surface area contributed by atoms with Gasteiger partial charge < -0.3 is 19.7 Å². The first-order valence-corrected chi connectivity index (χ1v) is 14.3. The van der Waals surface area contributed by atoms with Crippen molar-refractivity contribution in [2.45, 2.75) is 37.7 Å². The predicted molar refractivity (Wildman–Crippen MR) is 161 cm³/mol. The molecule has 1 saturated carbocycles. The van der Waals surface area contributed by atoms with E-state index in [9.17, 15) is 9.90 Å². The molecule has 1 aliphatic heterocycles. The van der Waals surface area contributed by atoms with Crippen LogP contribution in [0.3, 0.4) is 0 Å². The third-order valence-electron chi connectivity index (χ3n) is 8.44. The first kappa shape index (κ1) is 26.3. The van der Waals surface area contributed by atoms with Crippen molar-refractivity contribution in [3.8, 4) is 28.3 Å². The molecule has 1 fully saturated rings. The number of hydrogen-bond donors (Lipinski definition) is 2. The number of ketones is 1. The van der Waals surface area contributed by atoms with Gasteiger partial charge in [-0.25, -0.2) is 14.4 Å². The van der Waals surface area contributed by atoms with Crippen LogP contribution in [0.4, 0.5) is 10.1 Å². The summed E-state index contributed by atoms with van der Waals surface area (Å²) >= 11 is 0. The Labute approximate surface area is 243 Å². The molecule has 3 heterocycles. The monoisotopic (exact) mass is 562 g/mol. The van der Waals surface area contributed by atoms with Crippen molar-refractivity contribution in [2.24, 2.45) is 0 Å². The maximum Gasteiger partial charge on any atom is 0.178 e. The Kier molecular flexibility index (Phi) is 6.50. The number of ether oxygens (including phenoxy) is 1. The van der Waals surface area contributed by atoms with Crippen molar-refractivity contribution in [3.63, 3.8) is 0 Å². The van der Waals surface area contributed by atoms with Crippen LogP contribution >= 0.6 is 0 Å². The van der Waals surface area contributed by atoms with E-state index in [1.165, 1.54) is 6.07 Å². The predicted octanol–water partition coefficient (Wildman–Crippen LogP) is 6.62. The Hall–Kier alpha value is -4.56. The largest absolute Gasteiger partial charge is 0.493 e. The topological polar surface area (TPSA) is 91.3 Å². The molecule has 0 radical (unpaired) electrons. The van der Waals surface area contributed by atoms with Gasteiger partial charge in [-0.3, -0.25) is 4.79 Å². The summed E-state index contributed by atoms with van der Waals surface area (Å²) in [5.74, 6) is -0.153. The number of pyridine rings is 1. The lowest BCUT2D eigenvalue weighted by Crippen LogP contribution is -2.16. The van der Waals surface area contributed by atoms with Crippen LogP contribution in [0.2, 0.25) is 0 Å². The summed E-state index contributed by atoms with van der Waals surface area (Å²) in [5.41, 5.74) is 7.06. The average Bonchev–Trinajstić information content (AvgIpc) is 3.78. The van der Waals surface area contributed by atoms with E-state index in [0.29, 0.717) is 40.7 Å².